The number of carbonyl (C=O) groups is 1. The predicted molar refractivity (Wildman–Crippen MR) is 61.8 cm³/mol. The van der Waals surface area contributed by atoms with Gasteiger partial charge in [0.15, 0.2) is 5.65 Å². The molecule has 1 amide bonds. The molecule has 0 bridgehead atoms. The lowest BCUT2D eigenvalue weighted by Gasteiger charge is -2.01. The monoisotopic (exact) mass is 233 g/mol. The number of anilines is 1. The van der Waals surface area contributed by atoms with Crippen molar-refractivity contribution >= 4 is 17.5 Å². The summed E-state index contributed by atoms with van der Waals surface area (Å²) in [6.07, 6.45) is 3.56. The lowest BCUT2D eigenvalue weighted by Crippen LogP contribution is -2.21. The molecule has 0 unspecified atom stereocenters. The highest BCUT2D eigenvalue weighted by molar-refractivity contribution is 5.86. The highest BCUT2D eigenvalue weighted by atomic mass is 16.2. The SMILES string of the molecule is C=CCc1ncn2c(=O)[nH]c(NC(C)=O)nc12. The van der Waals surface area contributed by atoms with Crippen molar-refractivity contribution in [2.75, 3.05) is 5.32 Å². The molecular formula is C10H11N5O2. The Morgan fingerprint density at radius 2 is 2.47 bits per heavy atom. The molecule has 0 aliphatic rings. The van der Waals surface area contributed by atoms with E-state index in [0.29, 0.717) is 17.8 Å². The Labute approximate surface area is 96.2 Å². The average molecular weight is 233 g/mol. The van der Waals surface area contributed by atoms with Gasteiger partial charge in [-0.2, -0.15) is 4.98 Å². The van der Waals surface area contributed by atoms with Gasteiger partial charge in [-0.1, -0.05) is 6.08 Å². The lowest BCUT2D eigenvalue weighted by molar-refractivity contribution is -0.114. The minimum absolute atomic E-state index is 0.112. The van der Waals surface area contributed by atoms with E-state index in [-0.39, 0.29) is 11.9 Å². The number of imidazole rings is 1. The van der Waals surface area contributed by atoms with Crippen molar-refractivity contribution in [3.05, 3.63) is 35.2 Å². The van der Waals surface area contributed by atoms with Crippen LogP contribution in [-0.4, -0.2) is 25.3 Å². The fourth-order valence-electron chi connectivity index (χ4n) is 1.45. The van der Waals surface area contributed by atoms with Crippen molar-refractivity contribution in [2.45, 2.75) is 13.3 Å². The number of fused-ring (bicyclic) bond motifs is 1. The third-order valence-corrected chi connectivity index (χ3v) is 2.11. The molecule has 2 rings (SSSR count). The number of carbonyl (C=O) groups excluding carboxylic acids is 1. The Balaban J connectivity index is 2.60. The molecule has 2 heterocycles. The molecule has 2 aromatic rings. The summed E-state index contributed by atoms with van der Waals surface area (Å²) < 4.78 is 1.28. The van der Waals surface area contributed by atoms with E-state index in [4.69, 9.17) is 0 Å². The number of allylic oxidation sites excluding steroid dienone is 1. The number of nitrogens with zero attached hydrogens (tertiary/aromatic N) is 3. The van der Waals surface area contributed by atoms with Gasteiger partial charge in [-0.3, -0.25) is 15.1 Å². The summed E-state index contributed by atoms with van der Waals surface area (Å²) in [6, 6.07) is 0. The second kappa shape index (κ2) is 4.20. The highest BCUT2D eigenvalue weighted by Crippen LogP contribution is 2.07. The molecule has 0 spiro atoms. The molecule has 0 aromatic carbocycles. The van der Waals surface area contributed by atoms with Gasteiger partial charge in [-0.25, -0.2) is 14.2 Å². The van der Waals surface area contributed by atoms with Crippen molar-refractivity contribution in [3.63, 3.8) is 0 Å². The first-order chi connectivity index (χ1) is 8.11. The van der Waals surface area contributed by atoms with Crippen molar-refractivity contribution < 1.29 is 4.79 Å². The van der Waals surface area contributed by atoms with Crippen LogP contribution in [0.25, 0.3) is 5.65 Å². The number of rotatable bonds is 3. The van der Waals surface area contributed by atoms with Gasteiger partial charge in [-0.05, 0) is 0 Å². The number of aromatic nitrogens is 4. The molecule has 0 saturated heterocycles. The Kier molecular flexibility index (Phi) is 2.73. The highest BCUT2D eigenvalue weighted by Gasteiger charge is 2.09. The van der Waals surface area contributed by atoms with E-state index in [2.05, 4.69) is 26.8 Å². The van der Waals surface area contributed by atoms with Crippen LogP contribution in [0.1, 0.15) is 12.6 Å². The third kappa shape index (κ3) is 2.07. The van der Waals surface area contributed by atoms with Crippen LogP contribution in [0.4, 0.5) is 5.95 Å². The van der Waals surface area contributed by atoms with Gasteiger partial charge < -0.3 is 0 Å². The fraction of sp³-hybridized carbons (Fsp3) is 0.200. The molecule has 0 radical (unpaired) electrons. The van der Waals surface area contributed by atoms with Gasteiger partial charge in [0.25, 0.3) is 0 Å². The van der Waals surface area contributed by atoms with Crippen molar-refractivity contribution in [2.24, 2.45) is 0 Å². The Morgan fingerprint density at radius 3 is 3.12 bits per heavy atom. The first-order valence-corrected chi connectivity index (χ1v) is 4.96. The fourth-order valence-corrected chi connectivity index (χ4v) is 1.45. The molecular weight excluding hydrogens is 222 g/mol. The lowest BCUT2D eigenvalue weighted by atomic mass is 10.3. The van der Waals surface area contributed by atoms with E-state index >= 15 is 0 Å². The molecule has 88 valence electrons. The normalized spacial score (nSPS) is 10.4. The smallest absolute Gasteiger partial charge is 0.296 e. The largest absolute Gasteiger partial charge is 0.335 e. The van der Waals surface area contributed by atoms with Gasteiger partial charge in [0.2, 0.25) is 11.9 Å². The number of H-pyrrole nitrogens is 1. The van der Waals surface area contributed by atoms with Crippen LogP contribution in [-0.2, 0) is 11.2 Å². The van der Waals surface area contributed by atoms with E-state index in [1.54, 1.807) is 6.08 Å². The van der Waals surface area contributed by atoms with Crippen LogP contribution in [0.5, 0.6) is 0 Å². The van der Waals surface area contributed by atoms with Crippen molar-refractivity contribution in [1.29, 1.82) is 0 Å². The first-order valence-electron chi connectivity index (χ1n) is 4.96. The molecule has 0 aliphatic heterocycles. The summed E-state index contributed by atoms with van der Waals surface area (Å²) >= 11 is 0. The van der Waals surface area contributed by atoms with Crippen LogP contribution < -0.4 is 11.0 Å². The molecule has 2 N–H and O–H groups in total. The minimum Gasteiger partial charge on any atom is -0.296 e. The maximum absolute atomic E-state index is 11.6. The zero-order chi connectivity index (χ0) is 12.4. The number of aromatic amines is 1. The molecule has 7 nitrogen and oxygen atoms in total. The molecule has 0 atom stereocenters. The van der Waals surface area contributed by atoms with E-state index < -0.39 is 5.69 Å². The summed E-state index contributed by atoms with van der Waals surface area (Å²) in [5, 5.41) is 2.42. The number of hydrogen-bond donors (Lipinski definition) is 2. The third-order valence-electron chi connectivity index (χ3n) is 2.11. The molecule has 0 saturated carbocycles. The van der Waals surface area contributed by atoms with Gasteiger partial charge in [0.1, 0.15) is 6.33 Å². The minimum atomic E-state index is -0.401. The topological polar surface area (TPSA) is 92.2 Å². The Hall–Kier alpha value is -2.44. The van der Waals surface area contributed by atoms with Gasteiger partial charge in [0, 0.05) is 13.3 Å². The summed E-state index contributed by atoms with van der Waals surface area (Å²) in [5.41, 5.74) is 0.650. The van der Waals surface area contributed by atoms with Crippen LogP contribution in [0, 0.1) is 0 Å². The molecule has 2 aromatic heterocycles. The Morgan fingerprint density at radius 1 is 1.71 bits per heavy atom. The van der Waals surface area contributed by atoms with Crippen LogP contribution in [0.15, 0.2) is 23.8 Å². The quantitative estimate of drug-likeness (QED) is 0.735. The van der Waals surface area contributed by atoms with E-state index in [0.717, 1.165) is 0 Å². The molecule has 0 aliphatic carbocycles. The zero-order valence-electron chi connectivity index (χ0n) is 9.23. The van der Waals surface area contributed by atoms with Crippen LogP contribution in [0.3, 0.4) is 0 Å². The second-order valence-corrected chi connectivity index (χ2v) is 3.45. The maximum Gasteiger partial charge on any atom is 0.335 e. The van der Waals surface area contributed by atoms with E-state index in [9.17, 15) is 9.59 Å². The molecule has 17 heavy (non-hydrogen) atoms. The number of amides is 1. The number of hydrogen-bond acceptors (Lipinski definition) is 4. The standard InChI is InChI=1S/C10H11N5O2/c1-3-4-7-8-13-9(12-6(2)16)14-10(17)15(8)5-11-7/h3,5H,1,4H2,2H3,(H2,12,13,14,16,17). The van der Waals surface area contributed by atoms with E-state index in [1.165, 1.54) is 17.7 Å². The van der Waals surface area contributed by atoms with Gasteiger partial charge >= 0.3 is 5.69 Å². The van der Waals surface area contributed by atoms with Crippen LogP contribution >= 0.6 is 0 Å². The zero-order valence-corrected chi connectivity index (χ0v) is 9.23. The molecule has 0 fully saturated rings. The first kappa shape index (κ1) is 11.1. The summed E-state index contributed by atoms with van der Waals surface area (Å²) in [4.78, 5) is 33.2. The summed E-state index contributed by atoms with van der Waals surface area (Å²) in [6.45, 7) is 4.94. The van der Waals surface area contributed by atoms with E-state index in [1.807, 2.05) is 0 Å². The summed E-state index contributed by atoms with van der Waals surface area (Å²) in [5.74, 6) is -0.192. The van der Waals surface area contributed by atoms with Crippen molar-refractivity contribution in [3.8, 4) is 0 Å². The molecule has 7 heteroatoms. The summed E-state index contributed by atoms with van der Waals surface area (Å²) in [7, 11) is 0. The maximum atomic E-state index is 11.6. The average Bonchev–Trinajstić information content (AvgIpc) is 2.62. The Bertz CT molecular complexity index is 640. The van der Waals surface area contributed by atoms with Gasteiger partial charge in [-0.15, -0.1) is 6.58 Å². The van der Waals surface area contributed by atoms with Crippen molar-refractivity contribution in [1.82, 2.24) is 19.4 Å². The predicted octanol–water partition coefficient (Wildman–Crippen LogP) is 0.104. The van der Waals surface area contributed by atoms with Crippen LogP contribution in [0.2, 0.25) is 0 Å². The van der Waals surface area contributed by atoms with Gasteiger partial charge in [0.05, 0.1) is 5.69 Å². The second-order valence-electron chi connectivity index (χ2n) is 3.45. The number of nitrogens with one attached hydrogen (secondary N) is 2.